The van der Waals surface area contributed by atoms with Crippen LogP contribution in [0.3, 0.4) is 0 Å². The lowest BCUT2D eigenvalue weighted by molar-refractivity contribution is -0.116. The van der Waals surface area contributed by atoms with Gasteiger partial charge in [-0.25, -0.2) is 0 Å². The molecule has 0 fully saturated rings. The van der Waals surface area contributed by atoms with Crippen molar-refractivity contribution in [2.75, 3.05) is 6.61 Å². The van der Waals surface area contributed by atoms with Crippen LogP contribution in [0, 0.1) is 0 Å². The molecule has 0 radical (unpaired) electrons. The monoisotopic (exact) mass is 408 g/mol. The maximum absolute atomic E-state index is 9.22. The summed E-state index contributed by atoms with van der Waals surface area (Å²) >= 11 is 0. The summed E-state index contributed by atoms with van der Waals surface area (Å²) in [5, 5.41) is 0. The summed E-state index contributed by atoms with van der Waals surface area (Å²) in [6, 6.07) is 28.2. The first kappa shape index (κ1) is 24.4. The Morgan fingerprint density at radius 2 is 1.30 bits per heavy atom. The van der Waals surface area contributed by atoms with E-state index in [2.05, 4.69) is 35.7 Å². The maximum atomic E-state index is 9.22. The molecule has 4 N–H and O–H groups in total. The second kappa shape index (κ2) is 15.3. The molecule has 0 aliphatic carbocycles. The van der Waals surface area contributed by atoms with E-state index in [-0.39, 0.29) is 12.3 Å². The van der Waals surface area contributed by atoms with Crippen LogP contribution in [0.4, 0.5) is 0 Å². The second-order valence-corrected chi connectivity index (χ2v) is 6.09. The number of primary amides is 2. The molecule has 0 aromatic heterocycles. The molecule has 6 heteroatoms. The summed E-state index contributed by atoms with van der Waals surface area (Å²) in [4.78, 5) is 17.8. The minimum absolute atomic E-state index is 0.250. The third-order valence-electron chi connectivity index (χ3n) is 3.55. The molecular weight excluding hydrogens is 380 g/mol. The Balaban J connectivity index is 0.000000564. The molecule has 0 atom stereocenters. The third-order valence-corrected chi connectivity index (χ3v) is 3.55. The molecule has 0 saturated heterocycles. The van der Waals surface area contributed by atoms with E-state index < -0.39 is 0 Å². The molecule has 158 valence electrons. The van der Waals surface area contributed by atoms with E-state index in [4.69, 9.17) is 14.3 Å². The zero-order valence-electron chi connectivity index (χ0n) is 17.1. The molecule has 6 nitrogen and oxygen atoms in total. The van der Waals surface area contributed by atoms with Crippen molar-refractivity contribution in [1.29, 1.82) is 0 Å². The highest BCUT2D eigenvalue weighted by molar-refractivity contribution is 5.70. The molecule has 30 heavy (non-hydrogen) atoms. The van der Waals surface area contributed by atoms with E-state index in [9.17, 15) is 4.79 Å². The van der Waals surface area contributed by atoms with Gasteiger partial charge >= 0.3 is 0 Å². The predicted molar refractivity (Wildman–Crippen MR) is 118 cm³/mol. The fourth-order valence-corrected chi connectivity index (χ4v) is 2.30. The van der Waals surface area contributed by atoms with Crippen LogP contribution in [-0.2, 0) is 27.4 Å². The van der Waals surface area contributed by atoms with Gasteiger partial charge < -0.3 is 20.9 Å². The molecule has 0 aliphatic rings. The van der Waals surface area contributed by atoms with Crippen LogP contribution in [0.25, 0.3) is 0 Å². The molecule has 2 amide bonds. The smallest absolute Gasteiger partial charge is 0.214 e. The second-order valence-electron chi connectivity index (χ2n) is 6.09. The van der Waals surface area contributed by atoms with Crippen molar-refractivity contribution in [2.24, 2.45) is 11.5 Å². The number of carbonyl (C=O) groups is 2. The van der Waals surface area contributed by atoms with Gasteiger partial charge in [0.05, 0.1) is 13.2 Å². The summed E-state index contributed by atoms with van der Waals surface area (Å²) in [7, 11) is 0. The summed E-state index contributed by atoms with van der Waals surface area (Å²) < 4.78 is 11.5. The molecule has 0 unspecified atom stereocenters. The Morgan fingerprint density at radius 1 is 0.833 bits per heavy atom. The van der Waals surface area contributed by atoms with Crippen LogP contribution in [0.2, 0.25) is 0 Å². The van der Waals surface area contributed by atoms with Gasteiger partial charge in [-0.2, -0.15) is 0 Å². The summed E-state index contributed by atoms with van der Waals surface area (Å²) in [5.41, 5.74) is 11.1. The number of rotatable bonds is 7. The Labute approximate surface area is 177 Å². The average Bonchev–Trinajstić information content (AvgIpc) is 2.74. The van der Waals surface area contributed by atoms with Crippen molar-refractivity contribution < 1.29 is 19.1 Å². The van der Waals surface area contributed by atoms with Gasteiger partial charge in [0.2, 0.25) is 12.3 Å². The lowest BCUT2D eigenvalue weighted by Gasteiger charge is -2.07. The number of nitrogens with two attached hydrogens (primary N) is 2. The number of hydrogen-bond acceptors (Lipinski definition) is 4. The summed E-state index contributed by atoms with van der Waals surface area (Å²) in [6.07, 6.45) is 1.15. The predicted octanol–water partition coefficient (Wildman–Crippen LogP) is 3.83. The van der Waals surface area contributed by atoms with E-state index in [0.717, 1.165) is 17.9 Å². The average molecular weight is 408 g/mol. The van der Waals surface area contributed by atoms with Gasteiger partial charge in [-0.15, -0.1) is 0 Å². The highest BCUT2D eigenvalue weighted by Crippen LogP contribution is 2.21. The van der Waals surface area contributed by atoms with Gasteiger partial charge in [-0.05, 0) is 41.8 Å². The number of ether oxygens (including phenoxy) is 2. The molecule has 0 heterocycles. The fourth-order valence-electron chi connectivity index (χ4n) is 2.30. The molecule has 3 aromatic carbocycles. The molecular formula is C24H28N2O4. The Morgan fingerprint density at radius 3 is 1.83 bits per heavy atom. The highest BCUT2D eigenvalue weighted by atomic mass is 16.5. The Bertz CT molecular complexity index is 834. The first-order chi connectivity index (χ1) is 14.5. The van der Waals surface area contributed by atoms with Crippen LogP contribution in [0.15, 0.2) is 84.9 Å². The molecule has 0 bridgehead atoms. The number of hydrogen-bond donors (Lipinski definition) is 2. The molecule has 0 saturated carbocycles. The SMILES string of the molecule is CC(N)=O.NC=O.c1ccc(COCCc2ccc(Oc3ccccc3)cc2)cc1. The van der Waals surface area contributed by atoms with Crippen LogP contribution in [0.1, 0.15) is 18.1 Å². The topological polar surface area (TPSA) is 105 Å². The van der Waals surface area contributed by atoms with Crippen molar-refractivity contribution in [1.82, 2.24) is 0 Å². The molecule has 3 aromatic rings. The van der Waals surface area contributed by atoms with E-state index >= 15 is 0 Å². The van der Waals surface area contributed by atoms with Crippen molar-refractivity contribution >= 4 is 12.3 Å². The number of amides is 2. The maximum Gasteiger partial charge on any atom is 0.214 e. The Hall–Kier alpha value is -3.64. The largest absolute Gasteiger partial charge is 0.457 e. The van der Waals surface area contributed by atoms with E-state index in [0.29, 0.717) is 13.2 Å². The minimum Gasteiger partial charge on any atom is -0.457 e. The first-order valence-corrected chi connectivity index (χ1v) is 9.40. The highest BCUT2D eigenvalue weighted by Gasteiger charge is 1.98. The van der Waals surface area contributed by atoms with Crippen LogP contribution >= 0.6 is 0 Å². The van der Waals surface area contributed by atoms with Crippen molar-refractivity contribution in [3.05, 3.63) is 96.1 Å². The lowest BCUT2D eigenvalue weighted by atomic mass is 10.1. The number of benzene rings is 3. The Kier molecular flexibility index (Phi) is 12.4. The fraction of sp³-hybridized carbons (Fsp3) is 0.167. The standard InChI is InChI=1S/C21H20O2.C2H5NO.CH3NO/c1-3-7-19(8-4-1)17-22-16-15-18-11-13-21(14-12-18)23-20-9-5-2-6-10-20;1-2(3)4;2-1-3/h1-14H,15-17H2;1H3,(H2,3,4);1H,(H2,2,3). The minimum atomic E-state index is -0.333. The van der Waals surface area contributed by atoms with E-state index in [1.165, 1.54) is 18.1 Å². The van der Waals surface area contributed by atoms with Gasteiger partial charge in [-0.1, -0.05) is 60.7 Å². The number of carbonyl (C=O) groups excluding carboxylic acids is 2. The lowest BCUT2D eigenvalue weighted by Crippen LogP contribution is -2.01. The zero-order chi connectivity index (χ0) is 22.0. The van der Waals surface area contributed by atoms with E-state index in [1.807, 2.05) is 60.7 Å². The summed E-state index contributed by atoms with van der Waals surface area (Å²) in [6.45, 7) is 2.68. The van der Waals surface area contributed by atoms with Crippen molar-refractivity contribution in [2.45, 2.75) is 20.0 Å². The van der Waals surface area contributed by atoms with Gasteiger partial charge in [0, 0.05) is 6.92 Å². The van der Waals surface area contributed by atoms with Crippen molar-refractivity contribution in [3.63, 3.8) is 0 Å². The number of para-hydroxylation sites is 1. The summed E-state index contributed by atoms with van der Waals surface area (Å²) in [5.74, 6) is 1.37. The van der Waals surface area contributed by atoms with Gasteiger partial charge in [0.25, 0.3) is 0 Å². The van der Waals surface area contributed by atoms with Gasteiger partial charge in [-0.3, -0.25) is 9.59 Å². The quantitative estimate of drug-likeness (QED) is 0.458. The van der Waals surface area contributed by atoms with Crippen LogP contribution in [-0.4, -0.2) is 18.9 Å². The normalized spacial score (nSPS) is 9.23. The van der Waals surface area contributed by atoms with Gasteiger partial charge in [0.1, 0.15) is 11.5 Å². The first-order valence-electron chi connectivity index (χ1n) is 9.40. The third kappa shape index (κ3) is 11.9. The molecule has 0 aliphatic heterocycles. The van der Waals surface area contributed by atoms with Crippen molar-refractivity contribution in [3.8, 4) is 11.5 Å². The van der Waals surface area contributed by atoms with E-state index in [1.54, 1.807) is 0 Å². The van der Waals surface area contributed by atoms with Crippen LogP contribution in [0.5, 0.6) is 11.5 Å². The molecule has 3 rings (SSSR count). The van der Waals surface area contributed by atoms with Crippen LogP contribution < -0.4 is 16.2 Å². The molecule has 0 spiro atoms. The zero-order valence-corrected chi connectivity index (χ0v) is 17.1. The van der Waals surface area contributed by atoms with Gasteiger partial charge in [0.15, 0.2) is 0 Å².